The Morgan fingerprint density at radius 3 is 2.54 bits per heavy atom. The van der Waals surface area contributed by atoms with Crippen LogP contribution in [0, 0.1) is 11.3 Å². The van der Waals surface area contributed by atoms with Gasteiger partial charge in [0.1, 0.15) is 35.2 Å². The summed E-state index contributed by atoms with van der Waals surface area (Å²) in [6.45, 7) is 2.15. The Labute approximate surface area is 238 Å². The molecule has 5 aromatic rings. The van der Waals surface area contributed by atoms with E-state index >= 15 is 0 Å². The van der Waals surface area contributed by atoms with Crippen molar-refractivity contribution in [3.05, 3.63) is 71.9 Å². The van der Waals surface area contributed by atoms with Crippen molar-refractivity contribution in [1.29, 1.82) is 5.26 Å². The van der Waals surface area contributed by atoms with Gasteiger partial charge in [-0.25, -0.2) is 33.4 Å². The third-order valence-corrected chi connectivity index (χ3v) is 7.72. The van der Waals surface area contributed by atoms with Gasteiger partial charge in [-0.3, -0.25) is 4.34 Å². The Morgan fingerprint density at radius 1 is 1.10 bits per heavy atom. The van der Waals surface area contributed by atoms with E-state index in [4.69, 9.17) is 5.26 Å². The first-order valence-electron chi connectivity index (χ1n) is 11.7. The normalized spacial score (nSPS) is 11.0. The van der Waals surface area contributed by atoms with Crippen molar-refractivity contribution in [2.45, 2.75) is 19.8 Å². The van der Waals surface area contributed by atoms with Crippen molar-refractivity contribution in [3.63, 3.8) is 0 Å². The van der Waals surface area contributed by atoms with Crippen molar-refractivity contribution in [1.82, 2.24) is 34.1 Å². The fraction of sp³-hybridized carbons (Fsp3) is 0.200. The molecule has 0 saturated carbocycles. The molecule has 0 saturated heterocycles. The van der Waals surface area contributed by atoms with E-state index < -0.39 is 6.43 Å². The lowest BCUT2D eigenvalue weighted by Crippen LogP contribution is -2.00. The minimum absolute atomic E-state index is 0.0273. The zero-order valence-electron chi connectivity index (χ0n) is 21.2. The molecule has 5 rings (SSSR count). The number of aryl methyl sites for hydroxylation is 2. The van der Waals surface area contributed by atoms with Crippen LogP contribution < -0.4 is 10.6 Å². The second kappa shape index (κ2) is 12.9. The Morgan fingerprint density at radius 2 is 1.90 bits per heavy atom. The predicted molar refractivity (Wildman–Crippen MR) is 158 cm³/mol. The second-order valence-corrected chi connectivity index (χ2v) is 10.1. The molecule has 0 spiro atoms. The number of rotatable bonds is 7. The molecule has 0 aliphatic rings. The van der Waals surface area contributed by atoms with Crippen LogP contribution in [0.15, 0.2) is 54.9 Å². The standard InChI is InChI=1S/C14H11F2IN7P.C11H13N3/c1-19-8-5-10(21-9-4-2-3-7(6-18)20-9)22-13-11(8)23-14(12(15)16)24(13)25-17;1-3-9-6-4-5-7-10(9)11-12-8-13-14(11)2/h2-5,12,25H,1H3,(H2,19,20,21,22);4-8H,3H2,1-2H3. The number of anilines is 3. The maximum Gasteiger partial charge on any atom is 0.295 e. The smallest absolute Gasteiger partial charge is 0.295 e. The number of benzene rings is 1. The third kappa shape index (κ3) is 6.29. The molecule has 0 bridgehead atoms. The number of hydrogen-bond acceptors (Lipinski definition) is 8. The lowest BCUT2D eigenvalue weighted by molar-refractivity contribution is 0.140. The summed E-state index contributed by atoms with van der Waals surface area (Å²) in [4.78, 5) is 16.8. The first-order chi connectivity index (χ1) is 18.9. The zero-order valence-corrected chi connectivity index (χ0v) is 24.3. The van der Waals surface area contributed by atoms with Crippen LogP contribution in [0.4, 0.5) is 26.1 Å². The van der Waals surface area contributed by atoms with Gasteiger partial charge >= 0.3 is 0 Å². The highest BCUT2D eigenvalue weighted by Gasteiger charge is 2.22. The fourth-order valence-corrected chi connectivity index (χ4v) is 5.73. The van der Waals surface area contributed by atoms with E-state index in [0.717, 1.165) is 12.2 Å². The Kier molecular flexibility index (Phi) is 9.32. The van der Waals surface area contributed by atoms with Crippen LogP contribution in [0.25, 0.3) is 22.6 Å². The van der Waals surface area contributed by atoms with E-state index in [1.807, 2.05) is 41.2 Å². The molecule has 4 heterocycles. The molecule has 1 unspecified atom stereocenters. The van der Waals surface area contributed by atoms with Gasteiger partial charge in [-0.1, -0.05) is 37.3 Å². The summed E-state index contributed by atoms with van der Waals surface area (Å²) < 4.78 is 29.7. The van der Waals surface area contributed by atoms with E-state index in [0.29, 0.717) is 28.5 Å². The molecule has 1 aromatic carbocycles. The Hall–Kier alpha value is -3.76. The van der Waals surface area contributed by atoms with Crippen LogP contribution in [0.2, 0.25) is 0 Å². The van der Waals surface area contributed by atoms with Gasteiger partial charge < -0.3 is 10.6 Å². The van der Waals surface area contributed by atoms with Gasteiger partial charge in [0.05, 0.1) is 12.1 Å². The SMILES string of the molecule is CCc1ccccc1-c1ncnn1C.CNc1cc(Nc2cccc(C#N)n2)nc2c1nc(C(F)F)n2PI. The van der Waals surface area contributed by atoms with Crippen LogP contribution in [0.5, 0.6) is 0 Å². The van der Waals surface area contributed by atoms with Crippen LogP contribution in [0.1, 0.15) is 30.4 Å². The minimum Gasteiger partial charge on any atom is -0.386 e. The number of alkyl halides is 2. The highest BCUT2D eigenvalue weighted by Crippen LogP contribution is 2.37. The number of hydrogen-bond donors (Lipinski definition) is 2. The van der Waals surface area contributed by atoms with Crippen LogP contribution in [0.3, 0.4) is 0 Å². The zero-order chi connectivity index (χ0) is 27.9. The molecule has 2 N–H and O–H groups in total. The van der Waals surface area contributed by atoms with Gasteiger partial charge in [0.2, 0.25) is 0 Å². The van der Waals surface area contributed by atoms with Gasteiger partial charge in [-0.05, 0) is 46.2 Å². The molecule has 200 valence electrons. The Bertz CT molecular complexity index is 1630. The lowest BCUT2D eigenvalue weighted by atomic mass is 10.1. The number of imidazole rings is 1. The molecule has 4 aromatic heterocycles. The lowest BCUT2D eigenvalue weighted by Gasteiger charge is -2.09. The van der Waals surface area contributed by atoms with Gasteiger partial charge in [0.15, 0.2) is 17.3 Å². The number of nitrogens with one attached hydrogen (secondary N) is 2. The van der Waals surface area contributed by atoms with E-state index in [-0.39, 0.29) is 17.9 Å². The number of halogens is 3. The van der Waals surface area contributed by atoms with Crippen molar-refractivity contribution in [2.24, 2.45) is 7.05 Å². The number of fused-ring (bicyclic) bond motifs is 1. The summed E-state index contributed by atoms with van der Waals surface area (Å²) in [5, 5.41) is 18.9. The average molecular weight is 660 g/mol. The third-order valence-electron chi connectivity index (χ3n) is 5.66. The molecule has 39 heavy (non-hydrogen) atoms. The highest BCUT2D eigenvalue weighted by atomic mass is 127. The topological polar surface area (TPSA) is 122 Å². The van der Waals surface area contributed by atoms with Gasteiger partial charge in [0, 0.05) is 25.7 Å². The molecule has 0 amide bonds. The van der Waals surface area contributed by atoms with Crippen LogP contribution >= 0.6 is 28.4 Å². The van der Waals surface area contributed by atoms with Gasteiger partial charge in [0.25, 0.3) is 6.43 Å². The molecule has 10 nitrogen and oxygen atoms in total. The summed E-state index contributed by atoms with van der Waals surface area (Å²) in [7, 11) is 3.59. The largest absolute Gasteiger partial charge is 0.386 e. The summed E-state index contributed by atoms with van der Waals surface area (Å²) >= 11 is 2.01. The van der Waals surface area contributed by atoms with E-state index in [1.165, 1.54) is 15.5 Å². The van der Waals surface area contributed by atoms with E-state index in [2.05, 4.69) is 60.8 Å². The molecule has 14 heteroatoms. The maximum absolute atomic E-state index is 13.2. The van der Waals surface area contributed by atoms with Crippen LogP contribution in [-0.2, 0) is 13.5 Å². The summed E-state index contributed by atoms with van der Waals surface area (Å²) in [6.07, 6.45) is -0.0590. The minimum atomic E-state index is -2.69. The average Bonchev–Trinajstić information content (AvgIpc) is 3.56. The van der Waals surface area contributed by atoms with Gasteiger partial charge in [-0.2, -0.15) is 10.4 Å². The van der Waals surface area contributed by atoms with E-state index in [1.54, 1.807) is 42.3 Å². The number of nitrogens with zero attached hydrogens (tertiary/aromatic N) is 8. The fourth-order valence-electron chi connectivity index (χ4n) is 3.83. The van der Waals surface area contributed by atoms with Crippen molar-refractivity contribution >= 4 is 56.9 Å². The number of pyridine rings is 2. The Balaban J connectivity index is 0.000000212. The molecule has 0 fully saturated rings. The number of nitriles is 1. The molecular weight excluding hydrogens is 636 g/mol. The van der Waals surface area contributed by atoms with Crippen molar-refractivity contribution in [3.8, 4) is 17.5 Å². The monoisotopic (exact) mass is 660 g/mol. The second-order valence-electron chi connectivity index (χ2n) is 8.03. The van der Waals surface area contributed by atoms with Crippen molar-refractivity contribution in [2.75, 3.05) is 17.7 Å². The van der Waals surface area contributed by atoms with Crippen molar-refractivity contribution < 1.29 is 8.78 Å². The summed E-state index contributed by atoms with van der Waals surface area (Å²) in [5.41, 5.74) is 4.05. The molecule has 1 atom stereocenters. The summed E-state index contributed by atoms with van der Waals surface area (Å²) in [5.74, 6) is 1.47. The highest BCUT2D eigenvalue weighted by molar-refractivity contribution is 14.2. The van der Waals surface area contributed by atoms with E-state index in [9.17, 15) is 8.78 Å². The predicted octanol–water partition coefficient (Wildman–Crippen LogP) is 6.26. The first-order valence-corrected chi connectivity index (χ1v) is 15.8. The summed E-state index contributed by atoms with van der Waals surface area (Å²) in [6, 6.07) is 16.9. The maximum atomic E-state index is 13.2. The molecule has 0 aliphatic heterocycles. The molecule has 0 aliphatic carbocycles. The van der Waals surface area contributed by atoms with Gasteiger partial charge in [-0.15, -0.1) is 0 Å². The molecule has 0 radical (unpaired) electrons. The van der Waals surface area contributed by atoms with Crippen LogP contribution in [-0.4, -0.2) is 41.1 Å². The quantitative estimate of drug-likeness (QED) is 0.155. The molecular formula is C25H24F2IN10P. The first kappa shape index (κ1) is 28.3. The number of aromatic nitrogens is 7.